The van der Waals surface area contributed by atoms with Crippen molar-refractivity contribution in [2.45, 2.75) is 24.3 Å². The standard InChI is InChI=1S/C25H31N7OS/c1-2-18(1)30-7-5-29(6-8-30)16-19-13-21-24(31-9-11-33-12-10-31)28-17-32(25(21)34-19)23-15-26-14-22-20(23)3-4-27-22/h3-4,13-15,17-18,25,27H,1-2,5-12,16H2. The Kier molecular flexibility index (Phi) is 5.38. The van der Waals surface area contributed by atoms with Crippen molar-refractivity contribution in [3.8, 4) is 0 Å². The van der Waals surface area contributed by atoms with Crippen molar-refractivity contribution in [3.63, 3.8) is 0 Å². The van der Waals surface area contributed by atoms with E-state index in [0.717, 1.165) is 55.9 Å². The molecule has 1 unspecified atom stereocenters. The quantitative estimate of drug-likeness (QED) is 0.710. The molecule has 2 saturated heterocycles. The largest absolute Gasteiger partial charge is 0.378 e. The Labute approximate surface area is 204 Å². The number of aromatic amines is 1. The van der Waals surface area contributed by atoms with Gasteiger partial charge in [0.25, 0.3) is 0 Å². The summed E-state index contributed by atoms with van der Waals surface area (Å²) in [6, 6.07) is 3.01. The number of ether oxygens (including phenoxy) is 1. The molecule has 0 amide bonds. The minimum atomic E-state index is 0.181. The number of rotatable bonds is 5. The van der Waals surface area contributed by atoms with Crippen molar-refractivity contribution in [1.29, 1.82) is 0 Å². The van der Waals surface area contributed by atoms with Gasteiger partial charge in [-0.15, -0.1) is 0 Å². The summed E-state index contributed by atoms with van der Waals surface area (Å²) in [5, 5.41) is 1.36. The van der Waals surface area contributed by atoms with Crippen molar-refractivity contribution in [1.82, 2.24) is 24.7 Å². The molecule has 2 aromatic heterocycles. The predicted molar refractivity (Wildman–Crippen MR) is 137 cm³/mol. The maximum atomic E-state index is 5.61. The Balaban J connectivity index is 1.17. The second kappa shape index (κ2) is 8.71. The first-order chi connectivity index (χ1) is 16.8. The van der Waals surface area contributed by atoms with Gasteiger partial charge < -0.3 is 19.5 Å². The zero-order valence-electron chi connectivity index (χ0n) is 19.4. The van der Waals surface area contributed by atoms with E-state index in [-0.39, 0.29) is 5.37 Å². The summed E-state index contributed by atoms with van der Waals surface area (Å²) in [7, 11) is 0. The van der Waals surface area contributed by atoms with Crippen LogP contribution in [0.5, 0.6) is 0 Å². The number of hydrogen-bond donors (Lipinski definition) is 1. The molecule has 34 heavy (non-hydrogen) atoms. The second-order valence-corrected chi connectivity index (χ2v) is 11.0. The van der Waals surface area contributed by atoms with Crippen molar-refractivity contribution in [3.05, 3.63) is 47.0 Å². The van der Waals surface area contributed by atoms with Crippen LogP contribution < -0.4 is 4.90 Å². The Morgan fingerprint density at radius 2 is 1.91 bits per heavy atom. The van der Waals surface area contributed by atoms with Crippen molar-refractivity contribution >= 4 is 34.7 Å². The molecule has 2 aromatic rings. The zero-order valence-corrected chi connectivity index (χ0v) is 20.2. The first kappa shape index (κ1) is 21.0. The molecule has 1 atom stereocenters. The number of H-pyrrole nitrogens is 1. The molecule has 0 radical (unpaired) electrons. The third kappa shape index (κ3) is 3.84. The minimum absolute atomic E-state index is 0.181. The highest BCUT2D eigenvalue weighted by Gasteiger charge is 2.37. The normalized spacial score (nSPS) is 26.5. The summed E-state index contributed by atoms with van der Waals surface area (Å²) in [4.78, 5) is 24.3. The number of piperazine rings is 1. The SMILES string of the molecule is C1=NC(N2CCOCC2)=C2C=C(CN3CCN(C4CC4)CC3)SC2N1c1cncc2[nH]ccc12. The van der Waals surface area contributed by atoms with Gasteiger partial charge in [0.2, 0.25) is 0 Å². The van der Waals surface area contributed by atoms with Crippen LogP contribution >= 0.6 is 11.8 Å². The number of nitrogens with one attached hydrogen (secondary N) is 1. The van der Waals surface area contributed by atoms with E-state index in [2.05, 4.69) is 41.7 Å². The van der Waals surface area contributed by atoms with E-state index in [4.69, 9.17) is 9.73 Å². The number of morpholine rings is 1. The highest BCUT2D eigenvalue weighted by Crippen LogP contribution is 2.45. The van der Waals surface area contributed by atoms with Gasteiger partial charge in [-0.1, -0.05) is 11.8 Å². The molecular weight excluding hydrogens is 446 g/mol. The number of nitrogens with zero attached hydrogens (tertiary/aromatic N) is 6. The topological polar surface area (TPSA) is 63.2 Å². The average Bonchev–Trinajstić information content (AvgIpc) is 3.46. The first-order valence-corrected chi connectivity index (χ1v) is 13.4. The van der Waals surface area contributed by atoms with Gasteiger partial charge in [0.05, 0.1) is 43.2 Å². The molecule has 9 heteroatoms. The van der Waals surface area contributed by atoms with Crippen LogP contribution in [0.15, 0.2) is 52.0 Å². The van der Waals surface area contributed by atoms with E-state index in [1.807, 2.05) is 36.7 Å². The van der Waals surface area contributed by atoms with Crippen LogP contribution in [0.4, 0.5) is 5.69 Å². The van der Waals surface area contributed by atoms with E-state index in [1.165, 1.54) is 54.9 Å². The van der Waals surface area contributed by atoms with Gasteiger partial charge in [0, 0.05) is 73.9 Å². The summed E-state index contributed by atoms with van der Waals surface area (Å²) < 4.78 is 5.61. The number of fused-ring (bicyclic) bond motifs is 2. The van der Waals surface area contributed by atoms with Gasteiger partial charge in [0.15, 0.2) is 0 Å². The van der Waals surface area contributed by atoms with Gasteiger partial charge in [-0.05, 0) is 25.0 Å². The Hall–Kier alpha value is -2.33. The lowest BCUT2D eigenvalue weighted by Crippen LogP contribution is -2.47. The van der Waals surface area contributed by atoms with Crippen molar-refractivity contribution in [2.75, 3.05) is 63.9 Å². The van der Waals surface area contributed by atoms with Crippen LogP contribution in [0.2, 0.25) is 0 Å². The van der Waals surface area contributed by atoms with Crippen LogP contribution in [-0.2, 0) is 4.74 Å². The molecule has 3 fully saturated rings. The third-order valence-electron chi connectivity index (χ3n) is 7.55. The summed E-state index contributed by atoms with van der Waals surface area (Å²) in [5.41, 5.74) is 3.47. The number of anilines is 1. The summed E-state index contributed by atoms with van der Waals surface area (Å²) >= 11 is 1.98. The number of hydrogen-bond acceptors (Lipinski definition) is 8. The first-order valence-electron chi connectivity index (χ1n) is 12.5. The Morgan fingerprint density at radius 3 is 2.74 bits per heavy atom. The van der Waals surface area contributed by atoms with Crippen LogP contribution in [0.25, 0.3) is 10.9 Å². The number of aliphatic imine (C=N–C) groups is 1. The van der Waals surface area contributed by atoms with Crippen molar-refractivity contribution in [2.24, 2.45) is 4.99 Å². The molecule has 5 aliphatic rings. The fourth-order valence-electron chi connectivity index (χ4n) is 5.55. The van der Waals surface area contributed by atoms with E-state index < -0.39 is 0 Å². The average molecular weight is 478 g/mol. The Morgan fingerprint density at radius 1 is 1.06 bits per heavy atom. The maximum Gasteiger partial charge on any atom is 0.136 e. The van der Waals surface area contributed by atoms with Crippen LogP contribution in [-0.4, -0.2) is 101 Å². The van der Waals surface area contributed by atoms with E-state index in [0.29, 0.717) is 0 Å². The fraction of sp³-hybridized carbons (Fsp3) is 0.520. The number of aromatic nitrogens is 2. The summed E-state index contributed by atoms with van der Waals surface area (Å²) in [5.74, 6) is 1.11. The maximum absolute atomic E-state index is 5.61. The molecule has 1 aliphatic carbocycles. The second-order valence-electron chi connectivity index (χ2n) is 9.75. The van der Waals surface area contributed by atoms with Gasteiger partial charge in [-0.3, -0.25) is 14.8 Å². The fourth-order valence-corrected chi connectivity index (χ4v) is 6.87. The smallest absolute Gasteiger partial charge is 0.136 e. The highest BCUT2D eigenvalue weighted by atomic mass is 32.2. The van der Waals surface area contributed by atoms with Gasteiger partial charge in [-0.25, -0.2) is 4.99 Å². The molecule has 1 saturated carbocycles. The predicted octanol–water partition coefficient (Wildman–Crippen LogP) is 2.69. The summed E-state index contributed by atoms with van der Waals surface area (Å²) in [6.07, 6.45) is 13.1. The highest BCUT2D eigenvalue weighted by molar-refractivity contribution is 8.04. The molecule has 8 nitrogen and oxygen atoms in total. The lowest BCUT2D eigenvalue weighted by molar-refractivity contribution is 0.0526. The molecule has 4 aliphatic heterocycles. The lowest BCUT2D eigenvalue weighted by atomic mass is 10.1. The third-order valence-corrected chi connectivity index (χ3v) is 8.81. The minimum Gasteiger partial charge on any atom is -0.378 e. The monoisotopic (exact) mass is 477 g/mol. The number of pyridine rings is 1. The molecule has 1 N–H and O–H groups in total. The van der Waals surface area contributed by atoms with Crippen molar-refractivity contribution < 1.29 is 4.74 Å². The zero-order chi connectivity index (χ0) is 22.5. The van der Waals surface area contributed by atoms with Crippen LogP contribution in [0.3, 0.4) is 0 Å². The van der Waals surface area contributed by atoms with E-state index in [1.54, 1.807) is 0 Å². The molecule has 178 valence electrons. The lowest BCUT2D eigenvalue weighted by Gasteiger charge is -2.36. The van der Waals surface area contributed by atoms with Gasteiger partial charge in [-0.2, -0.15) is 0 Å². The molecular formula is C25H31N7OS. The van der Waals surface area contributed by atoms with Crippen LogP contribution in [0, 0.1) is 0 Å². The van der Waals surface area contributed by atoms with Gasteiger partial charge in [0.1, 0.15) is 11.2 Å². The molecule has 0 aromatic carbocycles. The molecule has 0 bridgehead atoms. The molecule has 0 spiro atoms. The Bertz CT molecular complexity index is 1150. The molecule has 6 heterocycles. The van der Waals surface area contributed by atoms with Gasteiger partial charge >= 0.3 is 0 Å². The molecule has 7 rings (SSSR count). The van der Waals surface area contributed by atoms with E-state index in [9.17, 15) is 0 Å². The van der Waals surface area contributed by atoms with Crippen LogP contribution in [0.1, 0.15) is 12.8 Å². The number of thioether (sulfide) groups is 1. The summed E-state index contributed by atoms with van der Waals surface area (Å²) in [6.45, 7) is 9.12. The van der Waals surface area contributed by atoms with E-state index >= 15 is 0 Å².